The highest BCUT2D eigenvalue weighted by molar-refractivity contribution is 6.30. The van der Waals surface area contributed by atoms with Crippen LogP contribution >= 0.6 is 11.6 Å². The predicted octanol–water partition coefficient (Wildman–Crippen LogP) is 1.92. The lowest BCUT2D eigenvalue weighted by Gasteiger charge is -2.28. The van der Waals surface area contributed by atoms with Crippen LogP contribution < -0.4 is 11.1 Å². The van der Waals surface area contributed by atoms with Crippen molar-refractivity contribution in [3.63, 3.8) is 0 Å². The van der Waals surface area contributed by atoms with Crippen LogP contribution in [0, 0.1) is 0 Å². The molecule has 104 valence electrons. The van der Waals surface area contributed by atoms with Gasteiger partial charge in [-0.3, -0.25) is 4.79 Å². The van der Waals surface area contributed by atoms with Crippen molar-refractivity contribution in [1.29, 1.82) is 0 Å². The summed E-state index contributed by atoms with van der Waals surface area (Å²) in [6.45, 7) is 3.48. The quantitative estimate of drug-likeness (QED) is 0.886. The fourth-order valence-corrected chi connectivity index (χ4v) is 1.96. The highest BCUT2D eigenvalue weighted by Gasteiger charge is 2.23. The van der Waals surface area contributed by atoms with E-state index in [1.807, 2.05) is 25.1 Å². The van der Waals surface area contributed by atoms with E-state index >= 15 is 0 Å². The second-order valence-corrected chi connectivity index (χ2v) is 4.85. The maximum absolute atomic E-state index is 12.1. The van der Waals surface area contributed by atoms with E-state index in [-0.39, 0.29) is 11.9 Å². The average molecular weight is 284 g/mol. The molecular weight excluding hydrogens is 266 g/mol. The van der Waals surface area contributed by atoms with Crippen LogP contribution in [0.3, 0.4) is 0 Å². The third-order valence-corrected chi connectivity index (χ3v) is 3.22. The summed E-state index contributed by atoms with van der Waals surface area (Å²) in [5, 5.41) is 2.98. The SMILES string of the molecule is CC(NC(N)=O)C(=O)N(C)C(C)c1cccc(Cl)c1. The maximum Gasteiger partial charge on any atom is 0.312 e. The molecule has 0 fully saturated rings. The molecule has 0 aliphatic heterocycles. The molecule has 0 saturated carbocycles. The summed E-state index contributed by atoms with van der Waals surface area (Å²) in [4.78, 5) is 24.4. The monoisotopic (exact) mass is 283 g/mol. The first-order chi connectivity index (χ1) is 8.82. The Balaban J connectivity index is 2.79. The molecule has 1 rings (SSSR count). The van der Waals surface area contributed by atoms with Gasteiger partial charge in [-0.2, -0.15) is 0 Å². The molecule has 5 nitrogen and oxygen atoms in total. The zero-order valence-corrected chi connectivity index (χ0v) is 11.9. The van der Waals surface area contributed by atoms with E-state index in [1.165, 1.54) is 0 Å². The molecule has 3 N–H and O–H groups in total. The number of halogens is 1. The zero-order chi connectivity index (χ0) is 14.6. The molecule has 0 aromatic heterocycles. The first-order valence-corrected chi connectivity index (χ1v) is 6.28. The van der Waals surface area contributed by atoms with Crippen molar-refractivity contribution in [2.75, 3.05) is 7.05 Å². The summed E-state index contributed by atoms with van der Waals surface area (Å²) in [7, 11) is 1.67. The highest BCUT2D eigenvalue weighted by atomic mass is 35.5. The Morgan fingerprint density at radius 3 is 2.53 bits per heavy atom. The van der Waals surface area contributed by atoms with E-state index in [0.717, 1.165) is 5.56 Å². The van der Waals surface area contributed by atoms with E-state index in [0.29, 0.717) is 5.02 Å². The summed E-state index contributed by atoms with van der Waals surface area (Å²) in [5.41, 5.74) is 5.93. The van der Waals surface area contributed by atoms with E-state index in [4.69, 9.17) is 17.3 Å². The maximum atomic E-state index is 12.1. The fourth-order valence-electron chi connectivity index (χ4n) is 1.76. The molecule has 1 aromatic rings. The zero-order valence-electron chi connectivity index (χ0n) is 11.2. The lowest BCUT2D eigenvalue weighted by atomic mass is 10.1. The summed E-state index contributed by atoms with van der Waals surface area (Å²) >= 11 is 5.93. The van der Waals surface area contributed by atoms with E-state index < -0.39 is 12.1 Å². The number of rotatable bonds is 4. The normalized spacial score (nSPS) is 13.5. The molecular formula is C13H18ClN3O2. The summed E-state index contributed by atoms with van der Waals surface area (Å²) < 4.78 is 0. The lowest BCUT2D eigenvalue weighted by Crippen LogP contribution is -2.47. The van der Waals surface area contributed by atoms with Gasteiger partial charge in [0.05, 0.1) is 6.04 Å². The number of likely N-dealkylation sites (N-methyl/N-ethyl adjacent to an activating group) is 1. The number of hydrogen-bond donors (Lipinski definition) is 2. The van der Waals surface area contributed by atoms with E-state index in [9.17, 15) is 9.59 Å². The number of carbonyl (C=O) groups is 2. The van der Waals surface area contributed by atoms with Gasteiger partial charge in [0.2, 0.25) is 5.91 Å². The number of hydrogen-bond acceptors (Lipinski definition) is 2. The minimum absolute atomic E-state index is 0.150. The molecule has 0 bridgehead atoms. The van der Waals surface area contributed by atoms with Crippen LogP contribution in [0.15, 0.2) is 24.3 Å². The van der Waals surface area contributed by atoms with Crippen molar-refractivity contribution >= 4 is 23.5 Å². The molecule has 0 spiro atoms. The Kier molecular flexibility index (Phi) is 5.18. The Morgan fingerprint density at radius 1 is 1.37 bits per heavy atom. The number of amides is 3. The first kappa shape index (κ1) is 15.3. The van der Waals surface area contributed by atoms with Crippen LogP contribution in [-0.2, 0) is 4.79 Å². The van der Waals surface area contributed by atoms with Crippen molar-refractivity contribution in [2.45, 2.75) is 25.9 Å². The molecule has 2 atom stereocenters. The highest BCUT2D eigenvalue weighted by Crippen LogP contribution is 2.22. The molecule has 0 aliphatic rings. The predicted molar refractivity (Wildman–Crippen MR) is 74.8 cm³/mol. The van der Waals surface area contributed by atoms with Crippen LogP contribution in [-0.4, -0.2) is 29.9 Å². The first-order valence-electron chi connectivity index (χ1n) is 5.91. The molecule has 3 amide bonds. The van der Waals surface area contributed by atoms with Crippen molar-refractivity contribution in [1.82, 2.24) is 10.2 Å². The smallest absolute Gasteiger partial charge is 0.312 e. The van der Waals surface area contributed by atoms with Crippen LogP contribution in [0.4, 0.5) is 4.79 Å². The van der Waals surface area contributed by atoms with E-state index in [2.05, 4.69) is 5.32 Å². The van der Waals surface area contributed by atoms with Gasteiger partial charge < -0.3 is 16.0 Å². The number of primary amides is 1. The topological polar surface area (TPSA) is 75.4 Å². The standard InChI is InChI=1S/C13H18ClN3O2/c1-8(16-13(15)19)12(18)17(3)9(2)10-5-4-6-11(14)7-10/h4-9H,1-3H3,(H3,15,16,19). The second-order valence-electron chi connectivity index (χ2n) is 4.41. The van der Waals surface area contributed by atoms with Gasteiger partial charge in [-0.15, -0.1) is 0 Å². The fraction of sp³-hybridized carbons (Fsp3) is 0.385. The number of nitrogens with two attached hydrogens (primary N) is 1. The van der Waals surface area contributed by atoms with Gasteiger partial charge in [-0.05, 0) is 31.5 Å². The molecule has 0 aliphatic carbocycles. The largest absolute Gasteiger partial charge is 0.352 e. The summed E-state index contributed by atoms with van der Waals surface area (Å²) in [6, 6.07) is 5.78. The van der Waals surface area contributed by atoms with Crippen LogP contribution in [0.5, 0.6) is 0 Å². The minimum atomic E-state index is -0.718. The number of urea groups is 1. The van der Waals surface area contributed by atoms with Gasteiger partial charge in [-0.1, -0.05) is 23.7 Å². The van der Waals surface area contributed by atoms with Crippen molar-refractivity contribution < 1.29 is 9.59 Å². The minimum Gasteiger partial charge on any atom is -0.352 e. The molecule has 0 radical (unpaired) electrons. The Morgan fingerprint density at radius 2 is 2.00 bits per heavy atom. The number of nitrogens with one attached hydrogen (secondary N) is 1. The van der Waals surface area contributed by atoms with Crippen molar-refractivity contribution in [2.24, 2.45) is 5.73 Å². The molecule has 19 heavy (non-hydrogen) atoms. The Bertz CT molecular complexity index is 479. The van der Waals surface area contributed by atoms with Gasteiger partial charge in [0.25, 0.3) is 0 Å². The van der Waals surface area contributed by atoms with Gasteiger partial charge in [0.15, 0.2) is 0 Å². The van der Waals surface area contributed by atoms with Gasteiger partial charge in [0.1, 0.15) is 6.04 Å². The van der Waals surface area contributed by atoms with Gasteiger partial charge in [-0.25, -0.2) is 4.79 Å². The number of benzene rings is 1. The Labute approximate surface area is 117 Å². The Hall–Kier alpha value is -1.75. The summed E-state index contributed by atoms with van der Waals surface area (Å²) in [5.74, 6) is -0.216. The third kappa shape index (κ3) is 4.13. The molecule has 6 heteroatoms. The van der Waals surface area contributed by atoms with Crippen molar-refractivity contribution in [3.05, 3.63) is 34.9 Å². The van der Waals surface area contributed by atoms with E-state index in [1.54, 1.807) is 24.9 Å². The molecule has 2 unspecified atom stereocenters. The van der Waals surface area contributed by atoms with Crippen LogP contribution in [0.2, 0.25) is 5.02 Å². The van der Waals surface area contributed by atoms with Crippen molar-refractivity contribution in [3.8, 4) is 0 Å². The molecule has 1 aromatic carbocycles. The van der Waals surface area contributed by atoms with Gasteiger partial charge in [0, 0.05) is 12.1 Å². The summed E-state index contributed by atoms with van der Waals surface area (Å²) in [6.07, 6.45) is 0. The van der Waals surface area contributed by atoms with Crippen LogP contribution in [0.1, 0.15) is 25.5 Å². The lowest BCUT2D eigenvalue weighted by molar-refractivity contribution is -0.133. The number of nitrogens with zero attached hydrogens (tertiary/aromatic N) is 1. The molecule has 0 heterocycles. The average Bonchev–Trinajstić information content (AvgIpc) is 2.35. The number of carbonyl (C=O) groups excluding carboxylic acids is 2. The third-order valence-electron chi connectivity index (χ3n) is 2.99. The molecule has 0 saturated heterocycles. The van der Waals surface area contributed by atoms with Crippen LogP contribution in [0.25, 0.3) is 0 Å². The second kappa shape index (κ2) is 6.43. The van der Waals surface area contributed by atoms with Gasteiger partial charge >= 0.3 is 6.03 Å².